The number of nitrogens with one attached hydrogen (secondary N) is 1. The second kappa shape index (κ2) is 8.72. The summed E-state index contributed by atoms with van der Waals surface area (Å²) in [5, 5.41) is 3.33. The molecule has 0 spiro atoms. The van der Waals surface area contributed by atoms with Crippen LogP contribution in [0.2, 0.25) is 0 Å². The van der Waals surface area contributed by atoms with E-state index < -0.39 is 0 Å². The van der Waals surface area contributed by atoms with Crippen molar-refractivity contribution in [2.75, 3.05) is 13.1 Å². The van der Waals surface area contributed by atoms with Crippen LogP contribution in [-0.2, 0) is 4.74 Å². The lowest BCUT2D eigenvalue weighted by molar-refractivity contribution is 0.0182. The molecule has 0 aliphatic carbocycles. The Bertz CT molecular complexity index is 894. The van der Waals surface area contributed by atoms with E-state index in [1.807, 2.05) is 48.5 Å². The fourth-order valence-corrected chi connectivity index (χ4v) is 3.52. The molecule has 2 atom stereocenters. The Kier molecular flexibility index (Phi) is 5.69. The van der Waals surface area contributed by atoms with Crippen LogP contribution >= 0.6 is 0 Å². The van der Waals surface area contributed by atoms with E-state index in [2.05, 4.69) is 17.4 Å². The molecule has 3 aromatic carbocycles. The molecule has 1 saturated heterocycles. The highest BCUT2D eigenvalue weighted by molar-refractivity contribution is 5.89. The van der Waals surface area contributed by atoms with Gasteiger partial charge in [0.15, 0.2) is 0 Å². The minimum atomic E-state index is -0.305. The van der Waals surface area contributed by atoms with Gasteiger partial charge in [-0.2, -0.15) is 0 Å². The van der Waals surface area contributed by atoms with Crippen molar-refractivity contribution in [1.29, 1.82) is 0 Å². The predicted molar refractivity (Wildman–Crippen MR) is 109 cm³/mol. The minimum Gasteiger partial charge on any atom is -0.457 e. The molecule has 3 aromatic rings. The molecular weight excluding hydrogens is 350 g/mol. The largest absolute Gasteiger partial charge is 0.457 e. The van der Waals surface area contributed by atoms with Gasteiger partial charge in [0, 0.05) is 12.5 Å². The number of carbonyl (C=O) groups excluding carboxylic acids is 1. The first-order valence-electron chi connectivity index (χ1n) is 9.59. The highest BCUT2D eigenvalue weighted by Crippen LogP contribution is 2.28. The Balaban J connectivity index is 1.42. The molecule has 1 heterocycles. The van der Waals surface area contributed by atoms with E-state index in [-0.39, 0.29) is 18.0 Å². The summed E-state index contributed by atoms with van der Waals surface area (Å²) in [5.41, 5.74) is 1.74. The molecule has 1 N–H and O–H groups in total. The summed E-state index contributed by atoms with van der Waals surface area (Å²) in [4.78, 5) is 12.7. The number of hydrogen-bond donors (Lipinski definition) is 1. The van der Waals surface area contributed by atoms with E-state index in [0.717, 1.165) is 18.7 Å². The van der Waals surface area contributed by atoms with Crippen LogP contribution in [0.1, 0.15) is 28.3 Å². The van der Waals surface area contributed by atoms with Crippen molar-refractivity contribution in [1.82, 2.24) is 5.32 Å². The van der Waals surface area contributed by atoms with Gasteiger partial charge in [0.25, 0.3) is 0 Å². The number of carbonyl (C=O) groups is 1. The number of esters is 1. The lowest BCUT2D eigenvalue weighted by Gasteiger charge is -2.32. The summed E-state index contributed by atoms with van der Waals surface area (Å²) in [5.74, 6) is 1.36. The zero-order valence-electron chi connectivity index (χ0n) is 15.6. The number of hydrogen-bond acceptors (Lipinski definition) is 4. The Morgan fingerprint density at radius 2 is 1.46 bits per heavy atom. The van der Waals surface area contributed by atoms with Crippen LogP contribution in [0.5, 0.6) is 11.5 Å². The first-order valence-corrected chi connectivity index (χ1v) is 9.59. The minimum absolute atomic E-state index is 0.177. The zero-order valence-corrected chi connectivity index (χ0v) is 15.6. The number of para-hydroxylation sites is 1. The van der Waals surface area contributed by atoms with Crippen LogP contribution in [0.15, 0.2) is 84.9 Å². The predicted octanol–water partition coefficient (Wildman–Crippen LogP) is 4.78. The quantitative estimate of drug-likeness (QED) is 0.654. The van der Waals surface area contributed by atoms with Crippen molar-refractivity contribution in [3.05, 3.63) is 96.1 Å². The van der Waals surface area contributed by atoms with E-state index in [1.54, 1.807) is 24.3 Å². The van der Waals surface area contributed by atoms with Gasteiger partial charge < -0.3 is 14.8 Å². The van der Waals surface area contributed by atoms with Gasteiger partial charge in [-0.3, -0.25) is 0 Å². The van der Waals surface area contributed by atoms with E-state index in [1.165, 1.54) is 5.56 Å². The lowest BCUT2D eigenvalue weighted by Crippen LogP contribution is -2.42. The molecule has 4 heteroatoms. The number of benzene rings is 3. The molecule has 4 nitrogen and oxygen atoms in total. The fourth-order valence-electron chi connectivity index (χ4n) is 3.52. The monoisotopic (exact) mass is 373 g/mol. The highest BCUT2D eigenvalue weighted by Gasteiger charge is 2.29. The van der Waals surface area contributed by atoms with Crippen molar-refractivity contribution < 1.29 is 14.3 Å². The number of ether oxygens (including phenoxy) is 2. The van der Waals surface area contributed by atoms with E-state index in [0.29, 0.717) is 17.9 Å². The standard InChI is InChI=1S/C24H23NO3/c26-24(19-11-13-21(14-12-19)27-20-9-5-2-6-10-20)28-23-17-25-16-15-22(23)18-7-3-1-4-8-18/h1-14,22-23,25H,15-17H2/t22-,23+/m1/s1. The van der Waals surface area contributed by atoms with E-state index in [4.69, 9.17) is 9.47 Å². The third-order valence-electron chi connectivity index (χ3n) is 4.98. The van der Waals surface area contributed by atoms with Crippen LogP contribution in [-0.4, -0.2) is 25.2 Å². The third-order valence-corrected chi connectivity index (χ3v) is 4.98. The molecule has 0 aromatic heterocycles. The van der Waals surface area contributed by atoms with Crippen LogP contribution in [0.25, 0.3) is 0 Å². The smallest absolute Gasteiger partial charge is 0.338 e. The fraction of sp³-hybridized carbons (Fsp3) is 0.208. The van der Waals surface area contributed by atoms with Crippen LogP contribution in [0.3, 0.4) is 0 Å². The van der Waals surface area contributed by atoms with Crippen molar-refractivity contribution >= 4 is 5.97 Å². The maximum atomic E-state index is 12.7. The van der Waals surface area contributed by atoms with Crippen molar-refractivity contribution in [2.24, 2.45) is 0 Å². The summed E-state index contributed by atoms with van der Waals surface area (Å²) in [6.45, 7) is 1.60. The normalized spacial score (nSPS) is 19.0. The molecule has 1 fully saturated rings. The summed E-state index contributed by atoms with van der Waals surface area (Å²) >= 11 is 0. The first kappa shape index (κ1) is 18.3. The van der Waals surface area contributed by atoms with E-state index >= 15 is 0 Å². The van der Waals surface area contributed by atoms with Crippen LogP contribution in [0.4, 0.5) is 0 Å². The summed E-state index contributed by atoms with van der Waals surface area (Å²) < 4.78 is 11.6. The molecule has 0 unspecified atom stereocenters. The van der Waals surface area contributed by atoms with Gasteiger partial charge >= 0.3 is 5.97 Å². The topological polar surface area (TPSA) is 47.6 Å². The van der Waals surface area contributed by atoms with Crippen LogP contribution in [0, 0.1) is 0 Å². The molecule has 28 heavy (non-hydrogen) atoms. The van der Waals surface area contributed by atoms with Gasteiger partial charge in [0.2, 0.25) is 0 Å². The third kappa shape index (κ3) is 4.41. The highest BCUT2D eigenvalue weighted by atomic mass is 16.5. The molecular formula is C24H23NO3. The van der Waals surface area contributed by atoms with Gasteiger partial charge in [-0.25, -0.2) is 4.79 Å². The van der Waals surface area contributed by atoms with Gasteiger partial charge in [0.05, 0.1) is 5.56 Å². The van der Waals surface area contributed by atoms with Crippen molar-refractivity contribution in [3.8, 4) is 11.5 Å². The Morgan fingerprint density at radius 1 is 0.821 bits per heavy atom. The summed E-state index contributed by atoms with van der Waals surface area (Å²) in [7, 11) is 0. The Morgan fingerprint density at radius 3 is 2.18 bits per heavy atom. The molecule has 4 rings (SSSR count). The molecule has 0 amide bonds. The second-order valence-electron chi connectivity index (χ2n) is 6.89. The average molecular weight is 373 g/mol. The van der Waals surface area contributed by atoms with Crippen LogP contribution < -0.4 is 10.1 Å². The summed E-state index contributed by atoms with van der Waals surface area (Å²) in [6, 6.07) is 26.9. The van der Waals surface area contributed by atoms with Gasteiger partial charge in [-0.15, -0.1) is 0 Å². The average Bonchev–Trinajstić information content (AvgIpc) is 2.76. The molecule has 142 valence electrons. The zero-order chi connectivity index (χ0) is 19.2. The molecule has 0 saturated carbocycles. The van der Waals surface area contributed by atoms with Gasteiger partial charge in [-0.05, 0) is 54.9 Å². The molecule has 1 aliphatic heterocycles. The first-order chi connectivity index (χ1) is 13.8. The van der Waals surface area contributed by atoms with Gasteiger partial charge in [-0.1, -0.05) is 48.5 Å². The molecule has 1 aliphatic rings. The van der Waals surface area contributed by atoms with Gasteiger partial charge in [0.1, 0.15) is 17.6 Å². The number of rotatable bonds is 5. The second-order valence-corrected chi connectivity index (χ2v) is 6.89. The maximum Gasteiger partial charge on any atom is 0.338 e. The number of piperidine rings is 1. The lowest BCUT2D eigenvalue weighted by atomic mass is 9.88. The Labute approximate surface area is 165 Å². The van der Waals surface area contributed by atoms with Crippen molar-refractivity contribution in [3.63, 3.8) is 0 Å². The molecule has 0 bridgehead atoms. The summed E-state index contributed by atoms with van der Waals surface area (Å²) in [6.07, 6.45) is 0.773. The van der Waals surface area contributed by atoms with Crippen molar-refractivity contribution in [2.45, 2.75) is 18.4 Å². The maximum absolute atomic E-state index is 12.7. The molecule has 0 radical (unpaired) electrons. The Hall–Kier alpha value is -3.11. The SMILES string of the molecule is O=C(O[C@H]1CNCC[C@@H]1c1ccccc1)c1ccc(Oc2ccccc2)cc1. The van der Waals surface area contributed by atoms with E-state index in [9.17, 15) is 4.79 Å².